The van der Waals surface area contributed by atoms with E-state index in [0.29, 0.717) is 6.54 Å². The summed E-state index contributed by atoms with van der Waals surface area (Å²) in [5, 5.41) is 23.1. The molecule has 0 aromatic heterocycles. The molecule has 4 rings (SSSR count). The minimum absolute atomic E-state index is 0.0162. The second-order valence-corrected chi connectivity index (χ2v) is 15.3. The van der Waals surface area contributed by atoms with E-state index in [9.17, 15) is 23.1 Å². The second kappa shape index (κ2) is 14.9. The zero-order chi connectivity index (χ0) is 32.7. The van der Waals surface area contributed by atoms with Gasteiger partial charge in [-0.25, -0.2) is 8.42 Å². The Labute approximate surface area is 267 Å². The summed E-state index contributed by atoms with van der Waals surface area (Å²) in [7, 11) is -4.14. The summed E-state index contributed by atoms with van der Waals surface area (Å²) in [6.07, 6.45) is 1.98. The van der Waals surface area contributed by atoms with Gasteiger partial charge < -0.3 is 21.1 Å². The van der Waals surface area contributed by atoms with Crippen LogP contribution in [0.3, 0.4) is 0 Å². The molecule has 4 N–H and O–H groups in total. The van der Waals surface area contributed by atoms with Crippen LogP contribution in [0.5, 0.6) is 0 Å². The van der Waals surface area contributed by atoms with Gasteiger partial charge in [-0.1, -0.05) is 88.4 Å². The largest absolute Gasteiger partial charge is 0.374 e. The van der Waals surface area contributed by atoms with Gasteiger partial charge in [0.1, 0.15) is 5.72 Å². The number of fused-ring (bicyclic) bond motifs is 1. The van der Waals surface area contributed by atoms with E-state index in [1.54, 1.807) is 18.2 Å². The lowest BCUT2D eigenvalue weighted by molar-refractivity contribution is -0.126. The normalized spacial score (nSPS) is 17.0. The van der Waals surface area contributed by atoms with Gasteiger partial charge >= 0.3 is 0 Å². The molecule has 1 heterocycles. The fourth-order valence-corrected chi connectivity index (χ4v) is 7.69. The van der Waals surface area contributed by atoms with Gasteiger partial charge in [-0.15, -0.1) is 0 Å². The highest BCUT2D eigenvalue weighted by molar-refractivity contribution is 7.89. The second-order valence-electron chi connectivity index (χ2n) is 13.4. The lowest BCUT2D eigenvalue weighted by Crippen LogP contribution is -2.56. The molecular weight excluding hydrogens is 588 g/mol. The molecule has 1 saturated heterocycles. The molecule has 2 atom stereocenters. The first-order chi connectivity index (χ1) is 21.3. The third-order valence-electron chi connectivity index (χ3n) is 8.24. The first-order valence-electron chi connectivity index (χ1n) is 15.8. The van der Waals surface area contributed by atoms with Crippen LogP contribution in [0.1, 0.15) is 58.9 Å². The van der Waals surface area contributed by atoms with E-state index < -0.39 is 21.2 Å². The number of hydrogen-bond acceptors (Lipinski definition) is 6. The fraction of sp³-hybridized carbons (Fsp3) is 0.486. The molecule has 0 radical (unpaired) electrons. The maximum Gasteiger partial charge on any atom is 0.245 e. The van der Waals surface area contributed by atoms with Crippen LogP contribution in [-0.2, 0) is 26.0 Å². The zero-order valence-corrected chi connectivity index (χ0v) is 27.7. The number of nitrogens with one attached hydrogen (secondary N) is 3. The molecule has 10 heteroatoms. The molecule has 9 nitrogen and oxygen atoms in total. The highest BCUT2D eigenvalue weighted by Gasteiger charge is 2.43. The van der Waals surface area contributed by atoms with Gasteiger partial charge in [-0.3, -0.25) is 9.59 Å². The SMILES string of the molecule is CC(C)CN(C(O)(CCNC(=O)CC(C)(C)CNC(=O)C1CCCN1)Cc1ccccc1)S(=O)(=O)c1ccc2ccccc2c1. The average molecular weight is 637 g/mol. The molecular formula is C35H48N4O5S. The molecule has 244 valence electrons. The average Bonchev–Trinajstić information content (AvgIpc) is 3.54. The van der Waals surface area contributed by atoms with Crippen molar-refractivity contribution < 1.29 is 23.1 Å². The van der Waals surface area contributed by atoms with Crippen molar-refractivity contribution in [3.63, 3.8) is 0 Å². The molecule has 0 bridgehead atoms. The monoisotopic (exact) mass is 636 g/mol. The van der Waals surface area contributed by atoms with Gasteiger partial charge in [0.25, 0.3) is 0 Å². The quantitative estimate of drug-likeness (QED) is 0.185. The van der Waals surface area contributed by atoms with Crippen LogP contribution in [0, 0.1) is 11.3 Å². The Morgan fingerprint density at radius 2 is 1.69 bits per heavy atom. The van der Waals surface area contributed by atoms with Crippen molar-refractivity contribution in [1.82, 2.24) is 20.3 Å². The van der Waals surface area contributed by atoms with E-state index in [2.05, 4.69) is 16.0 Å². The fourth-order valence-electron chi connectivity index (χ4n) is 5.82. The Morgan fingerprint density at radius 1 is 1.00 bits per heavy atom. The number of aliphatic hydroxyl groups is 1. The number of rotatable bonds is 15. The van der Waals surface area contributed by atoms with E-state index in [1.165, 1.54) is 4.31 Å². The molecule has 45 heavy (non-hydrogen) atoms. The van der Waals surface area contributed by atoms with Crippen LogP contribution in [0.4, 0.5) is 0 Å². The highest BCUT2D eigenvalue weighted by atomic mass is 32.2. The highest BCUT2D eigenvalue weighted by Crippen LogP contribution is 2.32. The number of carbonyl (C=O) groups is 2. The molecule has 2 unspecified atom stereocenters. The summed E-state index contributed by atoms with van der Waals surface area (Å²) in [5.41, 5.74) is -1.54. The van der Waals surface area contributed by atoms with E-state index in [0.717, 1.165) is 35.7 Å². The molecule has 1 fully saturated rings. The molecule has 2 amide bonds. The molecule has 3 aromatic rings. The number of benzene rings is 3. The lowest BCUT2D eigenvalue weighted by atomic mass is 9.88. The predicted octanol–water partition coefficient (Wildman–Crippen LogP) is 4.21. The van der Waals surface area contributed by atoms with Crippen molar-refractivity contribution in [2.75, 3.05) is 26.2 Å². The van der Waals surface area contributed by atoms with E-state index in [1.807, 2.05) is 82.3 Å². The van der Waals surface area contributed by atoms with Gasteiger partial charge in [0.05, 0.1) is 10.9 Å². The molecule has 0 spiro atoms. The Bertz CT molecular complexity index is 1550. The van der Waals surface area contributed by atoms with Crippen LogP contribution in [0.15, 0.2) is 77.7 Å². The molecule has 1 aliphatic rings. The van der Waals surface area contributed by atoms with E-state index >= 15 is 0 Å². The van der Waals surface area contributed by atoms with Crippen molar-refractivity contribution in [2.45, 2.75) is 76.5 Å². The number of carbonyl (C=O) groups excluding carboxylic acids is 2. The lowest BCUT2D eigenvalue weighted by Gasteiger charge is -2.40. The number of nitrogens with zero attached hydrogens (tertiary/aromatic N) is 1. The van der Waals surface area contributed by atoms with Crippen LogP contribution in [0.25, 0.3) is 10.8 Å². The standard InChI is InChI=1S/C35H48N4O5S/c1-26(2)24-39(45(43,44)30-17-16-28-13-8-9-14-29(28)21-30)35(42,22-27-11-6-5-7-12-27)18-20-37-32(40)23-34(3,4)25-38-33(41)31-15-10-19-36-31/h5-9,11-14,16-17,21,26,31,36,42H,10,15,18-20,22-25H2,1-4H3,(H,37,40)(H,38,41). The first kappa shape index (κ1) is 34.6. The van der Waals surface area contributed by atoms with Crippen LogP contribution in [0.2, 0.25) is 0 Å². The summed E-state index contributed by atoms with van der Waals surface area (Å²) in [4.78, 5) is 25.6. The topological polar surface area (TPSA) is 128 Å². The summed E-state index contributed by atoms with van der Waals surface area (Å²) in [6.45, 7) is 9.00. The Morgan fingerprint density at radius 3 is 2.36 bits per heavy atom. The zero-order valence-electron chi connectivity index (χ0n) is 26.9. The number of hydrogen-bond donors (Lipinski definition) is 4. The summed E-state index contributed by atoms with van der Waals surface area (Å²) >= 11 is 0. The third-order valence-corrected chi connectivity index (χ3v) is 10.2. The van der Waals surface area contributed by atoms with Crippen molar-refractivity contribution >= 4 is 32.6 Å². The van der Waals surface area contributed by atoms with Crippen LogP contribution < -0.4 is 16.0 Å². The van der Waals surface area contributed by atoms with Gasteiger partial charge in [-0.05, 0) is 59.2 Å². The van der Waals surface area contributed by atoms with E-state index in [-0.39, 0.29) is 61.0 Å². The number of sulfonamides is 1. The molecule has 0 aliphatic carbocycles. The Balaban J connectivity index is 1.51. The first-order valence-corrected chi connectivity index (χ1v) is 17.3. The smallest absolute Gasteiger partial charge is 0.245 e. The van der Waals surface area contributed by atoms with Crippen molar-refractivity contribution in [1.29, 1.82) is 0 Å². The van der Waals surface area contributed by atoms with Crippen molar-refractivity contribution in [3.8, 4) is 0 Å². The Kier molecular flexibility index (Phi) is 11.4. The van der Waals surface area contributed by atoms with Gasteiger partial charge in [0.15, 0.2) is 0 Å². The third kappa shape index (κ3) is 9.36. The van der Waals surface area contributed by atoms with E-state index in [4.69, 9.17) is 0 Å². The predicted molar refractivity (Wildman–Crippen MR) is 178 cm³/mol. The summed E-state index contributed by atoms with van der Waals surface area (Å²) in [5.74, 6) is -0.361. The molecule has 3 aromatic carbocycles. The van der Waals surface area contributed by atoms with Gasteiger partial charge in [0, 0.05) is 38.9 Å². The maximum absolute atomic E-state index is 14.3. The van der Waals surface area contributed by atoms with Crippen LogP contribution in [-0.4, -0.2) is 67.6 Å². The minimum atomic E-state index is -4.14. The minimum Gasteiger partial charge on any atom is -0.374 e. The van der Waals surface area contributed by atoms with Gasteiger partial charge in [-0.2, -0.15) is 4.31 Å². The maximum atomic E-state index is 14.3. The Hall–Kier alpha value is -3.31. The number of amides is 2. The van der Waals surface area contributed by atoms with Gasteiger partial charge in [0.2, 0.25) is 21.8 Å². The van der Waals surface area contributed by atoms with Crippen molar-refractivity contribution in [2.24, 2.45) is 11.3 Å². The summed E-state index contributed by atoms with van der Waals surface area (Å²) in [6, 6.07) is 21.7. The van der Waals surface area contributed by atoms with Crippen LogP contribution >= 0.6 is 0 Å². The summed E-state index contributed by atoms with van der Waals surface area (Å²) < 4.78 is 29.8. The molecule has 0 saturated carbocycles. The molecule has 1 aliphatic heterocycles. The van der Waals surface area contributed by atoms with Crippen molar-refractivity contribution in [3.05, 3.63) is 78.4 Å².